The lowest BCUT2D eigenvalue weighted by molar-refractivity contribution is 0.0928. The van der Waals surface area contributed by atoms with Crippen LogP contribution in [0.2, 0.25) is 0 Å². The molecule has 90 valence electrons. The van der Waals surface area contributed by atoms with Gasteiger partial charge in [-0.15, -0.1) is 23.1 Å². The van der Waals surface area contributed by atoms with Gasteiger partial charge in [0.15, 0.2) is 5.43 Å². The van der Waals surface area contributed by atoms with Crippen molar-refractivity contribution < 1.29 is 4.79 Å². The number of nitrogens with zero attached hydrogens (tertiary/aromatic N) is 2. The molecule has 0 saturated carbocycles. The summed E-state index contributed by atoms with van der Waals surface area (Å²) in [5.41, 5.74) is 1.60. The SMILES string of the molecule is CSc1sc2c(=O)cc3n(c2c1C#N)C(=O)CC3. The fraction of sp³-hybridized carbons (Fsp3) is 0.250. The van der Waals surface area contributed by atoms with Crippen molar-refractivity contribution in [2.24, 2.45) is 0 Å². The maximum Gasteiger partial charge on any atom is 0.231 e. The number of carbonyl (C=O) groups is 1. The molecule has 0 N–H and O–H groups in total. The van der Waals surface area contributed by atoms with Crippen molar-refractivity contribution in [3.8, 4) is 6.07 Å². The van der Waals surface area contributed by atoms with E-state index in [1.54, 1.807) is 4.57 Å². The second-order valence-corrected chi connectivity index (χ2v) is 6.08. The van der Waals surface area contributed by atoms with Crippen molar-refractivity contribution in [3.63, 3.8) is 0 Å². The highest BCUT2D eigenvalue weighted by Crippen LogP contribution is 2.36. The maximum absolute atomic E-state index is 12.0. The molecule has 0 spiro atoms. The van der Waals surface area contributed by atoms with E-state index in [9.17, 15) is 14.9 Å². The normalized spacial score (nSPS) is 13.9. The van der Waals surface area contributed by atoms with E-state index in [1.807, 2.05) is 6.26 Å². The zero-order valence-corrected chi connectivity index (χ0v) is 11.2. The van der Waals surface area contributed by atoms with Crippen molar-refractivity contribution in [2.45, 2.75) is 17.1 Å². The molecule has 18 heavy (non-hydrogen) atoms. The maximum atomic E-state index is 12.0. The van der Waals surface area contributed by atoms with Gasteiger partial charge in [0, 0.05) is 18.2 Å². The highest BCUT2D eigenvalue weighted by Gasteiger charge is 2.26. The average molecular weight is 276 g/mol. The third kappa shape index (κ3) is 1.38. The molecule has 2 aromatic heterocycles. The summed E-state index contributed by atoms with van der Waals surface area (Å²) in [4.78, 5) is 23.9. The Labute approximate surface area is 111 Å². The number of pyridine rings is 1. The van der Waals surface area contributed by atoms with Crippen molar-refractivity contribution in [3.05, 3.63) is 27.5 Å². The van der Waals surface area contributed by atoms with Gasteiger partial charge in [0.2, 0.25) is 5.91 Å². The molecule has 2 aromatic rings. The second-order valence-electron chi connectivity index (χ2n) is 3.99. The molecule has 0 fully saturated rings. The molecule has 0 aliphatic carbocycles. The quantitative estimate of drug-likeness (QED) is 0.749. The molecule has 1 aliphatic rings. The number of thioether (sulfide) groups is 1. The van der Waals surface area contributed by atoms with E-state index in [-0.39, 0.29) is 11.3 Å². The molecule has 0 atom stereocenters. The van der Waals surface area contributed by atoms with E-state index in [4.69, 9.17) is 0 Å². The number of carbonyl (C=O) groups excluding carboxylic acids is 1. The Hall–Kier alpha value is -1.58. The molecule has 3 heterocycles. The molecule has 0 unspecified atom stereocenters. The summed E-state index contributed by atoms with van der Waals surface area (Å²) in [6.45, 7) is 0. The number of nitriles is 1. The number of aryl methyl sites for hydroxylation is 1. The van der Waals surface area contributed by atoms with Gasteiger partial charge in [-0.3, -0.25) is 14.2 Å². The topological polar surface area (TPSA) is 62.9 Å². The molecule has 6 heteroatoms. The summed E-state index contributed by atoms with van der Waals surface area (Å²) >= 11 is 2.73. The summed E-state index contributed by atoms with van der Waals surface area (Å²) in [5.74, 6) is -0.0306. The van der Waals surface area contributed by atoms with Gasteiger partial charge < -0.3 is 0 Å². The van der Waals surface area contributed by atoms with Gasteiger partial charge in [-0.2, -0.15) is 5.26 Å². The summed E-state index contributed by atoms with van der Waals surface area (Å²) in [7, 11) is 0. The minimum absolute atomic E-state index is 0.0306. The molecule has 0 saturated heterocycles. The lowest BCUT2D eigenvalue weighted by atomic mass is 10.2. The Morgan fingerprint density at radius 3 is 2.89 bits per heavy atom. The van der Waals surface area contributed by atoms with Crippen LogP contribution in [0.1, 0.15) is 22.5 Å². The van der Waals surface area contributed by atoms with Crippen LogP contribution in [0.15, 0.2) is 15.1 Å². The zero-order valence-electron chi connectivity index (χ0n) is 9.52. The zero-order chi connectivity index (χ0) is 12.9. The molecule has 0 aromatic carbocycles. The van der Waals surface area contributed by atoms with E-state index in [0.717, 1.165) is 9.90 Å². The number of fused-ring (bicyclic) bond motifs is 3. The first kappa shape index (κ1) is 11.5. The molecule has 3 rings (SSSR count). The summed E-state index contributed by atoms with van der Waals surface area (Å²) in [6, 6.07) is 3.65. The van der Waals surface area contributed by atoms with Crippen LogP contribution >= 0.6 is 23.1 Å². The number of hydrogen-bond acceptors (Lipinski definition) is 5. The minimum atomic E-state index is -0.0900. The van der Waals surface area contributed by atoms with Crippen LogP contribution in [-0.2, 0) is 6.42 Å². The van der Waals surface area contributed by atoms with E-state index in [1.165, 1.54) is 29.2 Å². The smallest absolute Gasteiger partial charge is 0.231 e. The summed E-state index contributed by atoms with van der Waals surface area (Å²) in [6.07, 6.45) is 2.86. The van der Waals surface area contributed by atoms with Crippen LogP contribution in [0, 0.1) is 11.3 Å². The summed E-state index contributed by atoms with van der Waals surface area (Å²) < 4.78 is 2.85. The van der Waals surface area contributed by atoms with Gasteiger partial charge in [-0.25, -0.2) is 0 Å². The van der Waals surface area contributed by atoms with Crippen molar-refractivity contribution >= 4 is 39.2 Å². The third-order valence-electron chi connectivity index (χ3n) is 3.02. The Bertz CT molecular complexity index is 780. The van der Waals surface area contributed by atoms with E-state index < -0.39 is 0 Å². The number of aromatic nitrogens is 1. The predicted octanol–water partition coefficient (Wildman–Crippen LogP) is 2.24. The fourth-order valence-electron chi connectivity index (χ4n) is 2.27. The van der Waals surface area contributed by atoms with Crippen LogP contribution in [0.4, 0.5) is 0 Å². The van der Waals surface area contributed by atoms with E-state index in [2.05, 4.69) is 6.07 Å². The lowest BCUT2D eigenvalue weighted by Gasteiger charge is -2.04. The van der Waals surface area contributed by atoms with Gasteiger partial charge in [0.25, 0.3) is 0 Å². The van der Waals surface area contributed by atoms with Gasteiger partial charge >= 0.3 is 0 Å². The largest absolute Gasteiger partial charge is 0.288 e. The highest BCUT2D eigenvalue weighted by molar-refractivity contribution is 8.00. The first-order valence-corrected chi connectivity index (χ1v) is 7.40. The number of rotatable bonds is 1. The molecule has 0 radical (unpaired) electrons. The van der Waals surface area contributed by atoms with Crippen LogP contribution in [-0.4, -0.2) is 16.7 Å². The summed E-state index contributed by atoms with van der Waals surface area (Å²) in [5, 5.41) is 9.26. The second kappa shape index (κ2) is 3.97. The molecule has 1 aliphatic heterocycles. The van der Waals surface area contributed by atoms with Crippen molar-refractivity contribution in [2.75, 3.05) is 6.26 Å². The third-order valence-corrected chi connectivity index (χ3v) is 5.34. The van der Waals surface area contributed by atoms with Crippen LogP contribution < -0.4 is 5.43 Å². The minimum Gasteiger partial charge on any atom is -0.288 e. The number of hydrogen-bond donors (Lipinski definition) is 0. The fourth-order valence-corrected chi connectivity index (χ4v) is 4.07. The lowest BCUT2D eigenvalue weighted by Crippen LogP contribution is -2.12. The predicted molar refractivity (Wildman–Crippen MR) is 71.5 cm³/mol. The number of thiophene rings is 1. The monoisotopic (exact) mass is 276 g/mol. The van der Waals surface area contributed by atoms with Gasteiger partial charge in [0.05, 0.1) is 9.73 Å². The Morgan fingerprint density at radius 2 is 2.22 bits per heavy atom. The van der Waals surface area contributed by atoms with Gasteiger partial charge in [-0.05, 0) is 12.7 Å². The molecule has 0 bridgehead atoms. The molecular weight excluding hydrogens is 268 g/mol. The van der Waals surface area contributed by atoms with Gasteiger partial charge in [-0.1, -0.05) is 0 Å². The van der Waals surface area contributed by atoms with Crippen LogP contribution in [0.25, 0.3) is 10.2 Å². The molecular formula is C12H8N2O2S2. The Balaban J connectivity index is 2.57. The van der Waals surface area contributed by atoms with Crippen LogP contribution in [0.3, 0.4) is 0 Å². The Morgan fingerprint density at radius 1 is 1.44 bits per heavy atom. The molecule has 4 nitrogen and oxygen atoms in total. The van der Waals surface area contributed by atoms with E-state index >= 15 is 0 Å². The Kier molecular flexibility index (Phi) is 2.54. The first-order chi connectivity index (χ1) is 8.67. The van der Waals surface area contributed by atoms with Crippen molar-refractivity contribution in [1.82, 2.24) is 4.57 Å². The molecule has 0 amide bonds. The van der Waals surface area contributed by atoms with Gasteiger partial charge in [0.1, 0.15) is 16.3 Å². The van der Waals surface area contributed by atoms with E-state index in [0.29, 0.717) is 28.6 Å². The highest BCUT2D eigenvalue weighted by atomic mass is 32.2. The average Bonchev–Trinajstić information content (AvgIpc) is 2.90. The van der Waals surface area contributed by atoms with Crippen molar-refractivity contribution in [1.29, 1.82) is 5.26 Å². The first-order valence-electron chi connectivity index (χ1n) is 5.36. The standard InChI is InChI=1S/C12H8N2O2S2/c1-17-12-7(5-13)10-11(18-12)8(15)4-6-2-3-9(16)14(6)10/h4H,2-3H2,1H3. The van der Waals surface area contributed by atoms with Crippen LogP contribution in [0.5, 0.6) is 0 Å².